The van der Waals surface area contributed by atoms with E-state index in [-0.39, 0.29) is 0 Å². The highest BCUT2D eigenvalue weighted by molar-refractivity contribution is 5.17. The van der Waals surface area contributed by atoms with Gasteiger partial charge in [-0.1, -0.05) is 42.5 Å². The highest BCUT2D eigenvalue weighted by atomic mass is 15.2. The predicted octanol–water partition coefficient (Wildman–Crippen LogP) is 2.84. The van der Waals surface area contributed by atoms with Crippen LogP contribution < -0.4 is 0 Å². The van der Waals surface area contributed by atoms with Gasteiger partial charge in [-0.05, 0) is 18.9 Å². The Morgan fingerprint density at radius 1 is 1.43 bits per heavy atom. The topological polar surface area (TPSA) is 3.24 Å². The lowest BCUT2D eigenvalue weighted by atomic mass is 9.96. The molecule has 1 aromatic rings. The molecule has 1 atom stereocenters. The molecule has 1 heterocycles. The van der Waals surface area contributed by atoms with Gasteiger partial charge in [0.05, 0.1) is 0 Å². The zero-order valence-electron chi connectivity index (χ0n) is 8.74. The maximum atomic E-state index is 4.03. The summed E-state index contributed by atoms with van der Waals surface area (Å²) in [7, 11) is 0. The van der Waals surface area contributed by atoms with Gasteiger partial charge in [0.15, 0.2) is 0 Å². The van der Waals surface area contributed by atoms with Crippen molar-refractivity contribution in [1.82, 2.24) is 4.90 Å². The Labute approximate surface area is 86.1 Å². The highest BCUT2D eigenvalue weighted by Crippen LogP contribution is 2.24. The Morgan fingerprint density at radius 2 is 2.14 bits per heavy atom. The van der Waals surface area contributed by atoms with Gasteiger partial charge in [0.1, 0.15) is 0 Å². The van der Waals surface area contributed by atoms with Gasteiger partial charge in [0, 0.05) is 19.1 Å². The number of hydrogen-bond donors (Lipinski definition) is 0. The zero-order chi connectivity index (χ0) is 9.97. The van der Waals surface area contributed by atoms with Crippen LogP contribution in [0.4, 0.5) is 0 Å². The predicted molar refractivity (Wildman–Crippen MR) is 60.1 cm³/mol. The molecule has 1 aliphatic heterocycles. The number of hydrogen-bond acceptors (Lipinski definition) is 1. The van der Waals surface area contributed by atoms with Gasteiger partial charge in [0.2, 0.25) is 0 Å². The van der Waals surface area contributed by atoms with Gasteiger partial charge < -0.3 is 0 Å². The molecule has 0 radical (unpaired) electrons. The van der Waals surface area contributed by atoms with Gasteiger partial charge in [-0.3, -0.25) is 4.90 Å². The SMILES string of the molecule is C=C(C)C1CCN1Cc1ccccc1. The van der Waals surface area contributed by atoms with Gasteiger partial charge in [-0.15, -0.1) is 0 Å². The van der Waals surface area contributed by atoms with Crippen molar-refractivity contribution in [3.8, 4) is 0 Å². The minimum atomic E-state index is 0.621. The first-order valence-corrected chi connectivity index (χ1v) is 5.21. The van der Waals surface area contributed by atoms with Gasteiger partial charge in [-0.2, -0.15) is 0 Å². The molecule has 1 heteroatoms. The van der Waals surface area contributed by atoms with Gasteiger partial charge >= 0.3 is 0 Å². The van der Waals surface area contributed by atoms with Crippen molar-refractivity contribution in [3.63, 3.8) is 0 Å². The Kier molecular flexibility index (Phi) is 2.69. The molecule has 1 fully saturated rings. The summed E-state index contributed by atoms with van der Waals surface area (Å²) in [5.74, 6) is 0. The number of benzene rings is 1. The van der Waals surface area contributed by atoms with E-state index in [1.807, 2.05) is 0 Å². The van der Waals surface area contributed by atoms with Crippen molar-refractivity contribution in [2.45, 2.75) is 25.9 Å². The van der Waals surface area contributed by atoms with E-state index < -0.39 is 0 Å². The van der Waals surface area contributed by atoms with E-state index in [0.717, 1.165) is 6.54 Å². The molecule has 2 rings (SSSR count). The Morgan fingerprint density at radius 3 is 2.64 bits per heavy atom. The maximum absolute atomic E-state index is 4.03. The lowest BCUT2D eigenvalue weighted by molar-refractivity contribution is 0.108. The first-order valence-electron chi connectivity index (χ1n) is 5.21. The molecule has 0 N–H and O–H groups in total. The van der Waals surface area contributed by atoms with E-state index >= 15 is 0 Å². The molecule has 1 unspecified atom stereocenters. The lowest BCUT2D eigenvalue weighted by Gasteiger charge is -2.41. The fourth-order valence-electron chi connectivity index (χ4n) is 2.01. The van der Waals surface area contributed by atoms with Crippen molar-refractivity contribution in [2.75, 3.05) is 6.54 Å². The molecule has 1 aromatic carbocycles. The van der Waals surface area contributed by atoms with E-state index in [1.54, 1.807) is 0 Å². The molecule has 74 valence electrons. The third-order valence-corrected chi connectivity index (χ3v) is 2.93. The third-order valence-electron chi connectivity index (χ3n) is 2.93. The maximum Gasteiger partial charge on any atom is 0.0317 e. The largest absolute Gasteiger partial charge is 0.292 e. The molecule has 0 aliphatic carbocycles. The Balaban J connectivity index is 1.96. The summed E-state index contributed by atoms with van der Waals surface area (Å²) in [6, 6.07) is 11.3. The minimum Gasteiger partial charge on any atom is -0.292 e. The van der Waals surface area contributed by atoms with Crippen molar-refractivity contribution in [3.05, 3.63) is 48.0 Å². The molecular formula is C13H17N. The first kappa shape index (κ1) is 9.47. The summed E-state index contributed by atoms with van der Waals surface area (Å²) in [5.41, 5.74) is 2.70. The van der Waals surface area contributed by atoms with Crippen LogP contribution in [0.15, 0.2) is 42.5 Å². The smallest absolute Gasteiger partial charge is 0.0317 e. The van der Waals surface area contributed by atoms with Crippen LogP contribution in [0.1, 0.15) is 18.9 Å². The fourth-order valence-corrected chi connectivity index (χ4v) is 2.01. The second kappa shape index (κ2) is 3.97. The average molecular weight is 187 g/mol. The van der Waals surface area contributed by atoms with Crippen LogP contribution in [0.5, 0.6) is 0 Å². The normalized spacial score (nSPS) is 21.6. The van der Waals surface area contributed by atoms with Crippen LogP contribution in [-0.4, -0.2) is 17.5 Å². The van der Waals surface area contributed by atoms with Crippen LogP contribution >= 0.6 is 0 Å². The minimum absolute atomic E-state index is 0.621. The van der Waals surface area contributed by atoms with E-state index in [9.17, 15) is 0 Å². The summed E-state index contributed by atoms with van der Waals surface area (Å²) in [6.45, 7) is 8.44. The van der Waals surface area contributed by atoms with Crippen LogP contribution in [0, 0.1) is 0 Å². The molecular weight excluding hydrogens is 170 g/mol. The van der Waals surface area contributed by atoms with Crippen LogP contribution in [0.25, 0.3) is 0 Å². The zero-order valence-corrected chi connectivity index (χ0v) is 8.74. The monoisotopic (exact) mass is 187 g/mol. The summed E-state index contributed by atoms with van der Waals surface area (Å²) in [4.78, 5) is 2.48. The molecule has 0 spiro atoms. The second-order valence-corrected chi connectivity index (χ2v) is 4.11. The molecule has 1 nitrogen and oxygen atoms in total. The van der Waals surface area contributed by atoms with Crippen molar-refractivity contribution in [2.24, 2.45) is 0 Å². The van der Waals surface area contributed by atoms with Crippen LogP contribution in [-0.2, 0) is 6.54 Å². The Hall–Kier alpha value is -1.08. The second-order valence-electron chi connectivity index (χ2n) is 4.11. The quantitative estimate of drug-likeness (QED) is 0.658. The summed E-state index contributed by atoms with van der Waals surface area (Å²) in [6.07, 6.45) is 1.28. The summed E-state index contributed by atoms with van der Waals surface area (Å²) >= 11 is 0. The molecule has 1 saturated heterocycles. The van der Waals surface area contributed by atoms with Crippen LogP contribution in [0.3, 0.4) is 0 Å². The van der Waals surface area contributed by atoms with Crippen molar-refractivity contribution < 1.29 is 0 Å². The van der Waals surface area contributed by atoms with E-state index in [0.29, 0.717) is 6.04 Å². The first-order chi connectivity index (χ1) is 6.77. The van der Waals surface area contributed by atoms with E-state index in [1.165, 1.54) is 24.1 Å². The number of nitrogens with zero attached hydrogens (tertiary/aromatic N) is 1. The number of rotatable bonds is 3. The van der Waals surface area contributed by atoms with Gasteiger partial charge in [-0.25, -0.2) is 0 Å². The van der Waals surface area contributed by atoms with Crippen molar-refractivity contribution >= 4 is 0 Å². The van der Waals surface area contributed by atoms with Crippen molar-refractivity contribution in [1.29, 1.82) is 0 Å². The summed E-state index contributed by atoms with van der Waals surface area (Å²) < 4.78 is 0. The standard InChI is InChI=1S/C13H17N/c1-11(2)13-8-9-14(13)10-12-6-4-3-5-7-12/h3-7,13H,1,8-10H2,2H3. The molecule has 0 aromatic heterocycles. The van der Waals surface area contributed by atoms with E-state index in [4.69, 9.17) is 0 Å². The van der Waals surface area contributed by atoms with Crippen LogP contribution in [0.2, 0.25) is 0 Å². The number of likely N-dealkylation sites (tertiary alicyclic amines) is 1. The molecule has 0 amide bonds. The third kappa shape index (κ3) is 1.88. The summed E-state index contributed by atoms with van der Waals surface area (Å²) in [5, 5.41) is 0. The molecule has 14 heavy (non-hydrogen) atoms. The highest BCUT2D eigenvalue weighted by Gasteiger charge is 2.27. The fraction of sp³-hybridized carbons (Fsp3) is 0.385. The molecule has 0 bridgehead atoms. The average Bonchev–Trinajstić information content (AvgIpc) is 2.13. The molecule has 1 aliphatic rings. The lowest BCUT2D eigenvalue weighted by Crippen LogP contribution is -2.47. The van der Waals surface area contributed by atoms with E-state index in [2.05, 4.69) is 48.7 Å². The molecule has 0 saturated carbocycles. The Bertz CT molecular complexity index is 315. The van der Waals surface area contributed by atoms with Gasteiger partial charge in [0.25, 0.3) is 0 Å².